The molecular formula is C15H17NO5. The summed E-state index contributed by atoms with van der Waals surface area (Å²) in [7, 11) is 0. The Kier molecular flexibility index (Phi) is 4.94. The van der Waals surface area contributed by atoms with Crippen LogP contribution in [-0.2, 0) is 20.9 Å². The van der Waals surface area contributed by atoms with Crippen LogP contribution < -0.4 is 0 Å². The molecule has 2 rings (SSSR count). The quantitative estimate of drug-likeness (QED) is 0.625. The molecule has 1 aliphatic rings. The summed E-state index contributed by atoms with van der Waals surface area (Å²) in [6, 6.07) is 4.70. The van der Waals surface area contributed by atoms with E-state index >= 15 is 0 Å². The molecule has 0 aliphatic carbocycles. The van der Waals surface area contributed by atoms with Gasteiger partial charge < -0.3 is 19.8 Å². The van der Waals surface area contributed by atoms with Crippen molar-refractivity contribution in [2.45, 2.75) is 25.7 Å². The number of aliphatic hydroxyl groups is 1. The number of hydrogen-bond acceptors (Lipinski definition) is 5. The molecule has 1 aromatic rings. The SMILES string of the molecule is O=COC1CCCN1C(=O)C=Cc1ccc(O)c(CO)c1. The molecule has 6 heteroatoms. The van der Waals surface area contributed by atoms with Gasteiger partial charge in [-0.25, -0.2) is 0 Å². The minimum absolute atomic E-state index is 0.0139. The molecule has 0 bridgehead atoms. The lowest BCUT2D eigenvalue weighted by atomic mass is 10.1. The van der Waals surface area contributed by atoms with Gasteiger partial charge in [-0.2, -0.15) is 0 Å². The maximum atomic E-state index is 12.1. The molecule has 21 heavy (non-hydrogen) atoms. The minimum atomic E-state index is -0.493. The van der Waals surface area contributed by atoms with Crippen LogP contribution in [0.5, 0.6) is 5.75 Å². The number of carbonyl (C=O) groups excluding carboxylic acids is 2. The van der Waals surface area contributed by atoms with E-state index in [1.807, 2.05) is 0 Å². The van der Waals surface area contributed by atoms with Crippen LogP contribution in [0.15, 0.2) is 24.3 Å². The average Bonchev–Trinajstić information content (AvgIpc) is 2.95. The topological polar surface area (TPSA) is 87.1 Å². The number of carbonyl (C=O) groups is 2. The maximum Gasteiger partial charge on any atom is 0.295 e. The Bertz CT molecular complexity index is 555. The van der Waals surface area contributed by atoms with Crippen molar-refractivity contribution in [1.82, 2.24) is 4.90 Å². The first-order chi connectivity index (χ1) is 10.2. The Balaban J connectivity index is 2.06. The van der Waals surface area contributed by atoms with Crippen LogP contribution in [0.2, 0.25) is 0 Å². The number of rotatable bonds is 5. The van der Waals surface area contributed by atoms with Crippen molar-refractivity contribution in [2.24, 2.45) is 0 Å². The molecule has 1 amide bonds. The summed E-state index contributed by atoms with van der Waals surface area (Å²) in [6.45, 7) is 0.634. The van der Waals surface area contributed by atoms with Gasteiger partial charge in [-0.1, -0.05) is 6.07 Å². The highest BCUT2D eigenvalue weighted by molar-refractivity contribution is 5.92. The lowest BCUT2D eigenvalue weighted by Crippen LogP contribution is -2.35. The summed E-state index contributed by atoms with van der Waals surface area (Å²) < 4.78 is 4.87. The first-order valence-corrected chi connectivity index (χ1v) is 6.66. The smallest absolute Gasteiger partial charge is 0.295 e. The van der Waals surface area contributed by atoms with Gasteiger partial charge in [-0.15, -0.1) is 0 Å². The van der Waals surface area contributed by atoms with E-state index in [9.17, 15) is 14.7 Å². The van der Waals surface area contributed by atoms with Gasteiger partial charge in [0, 0.05) is 24.6 Å². The Labute approximate surface area is 122 Å². The van der Waals surface area contributed by atoms with E-state index in [0.29, 0.717) is 30.6 Å². The van der Waals surface area contributed by atoms with Gasteiger partial charge in [-0.3, -0.25) is 9.59 Å². The molecule has 112 valence electrons. The lowest BCUT2D eigenvalue weighted by molar-refractivity contribution is -0.147. The van der Waals surface area contributed by atoms with Crippen LogP contribution in [0.3, 0.4) is 0 Å². The molecule has 1 atom stereocenters. The van der Waals surface area contributed by atoms with E-state index < -0.39 is 6.23 Å². The second-order valence-corrected chi connectivity index (χ2v) is 4.74. The number of hydrogen-bond donors (Lipinski definition) is 2. The average molecular weight is 291 g/mol. The second kappa shape index (κ2) is 6.90. The number of ether oxygens (including phenoxy) is 1. The van der Waals surface area contributed by atoms with E-state index in [4.69, 9.17) is 9.84 Å². The molecule has 1 fully saturated rings. The fourth-order valence-electron chi connectivity index (χ4n) is 2.29. The number of benzene rings is 1. The standard InChI is InChI=1S/C15H17NO5/c17-9-12-8-11(3-5-13(12)19)4-6-14(20)16-7-1-2-15(16)21-10-18/h3-6,8,10,15,17,19H,1-2,7,9H2. The molecule has 1 saturated heterocycles. The fraction of sp³-hybridized carbons (Fsp3) is 0.333. The molecule has 0 saturated carbocycles. The summed E-state index contributed by atoms with van der Waals surface area (Å²) in [5, 5.41) is 18.5. The van der Waals surface area contributed by atoms with Crippen molar-refractivity contribution in [3.63, 3.8) is 0 Å². The lowest BCUT2D eigenvalue weighted by Gasteiger charge is -2.21. The third kappa shape index (κ3) is 3.61. The second-order valence-electron chi connectivity index (χ2n) is 4.74. The van der Waals surface area contributed by atoms with Gasteiger partial charge in [0.25, 0.3) is 6.47 Å². The Morgan fingerprint density at radius 2 is 2.29 bits per heavy atom. The molecule has 0 radical (unpaired) electrons. The van der Waals surface area contributed by atoms with Crippen molar-refractivity contribution in [3.05, 3.63) is 35.4 Å². The molecule has 1 aliphatic heterocycles. The molecule has 0 aromatic heterocycles. The maximum absolute atomic E-state index is 12.1. The van der Waals surface area contributed by atoms with Crippen LogP contribution in [0, 0.1) is 0 Å². The molecule has 6 nitrogen and oxygen atoms in total. The van der Waals surface area contributed by atoms with Crippen molar-refractivity contribution >= 4 is 18.5 Å². The first kappa shape index (κ1) is 15.1. The molecule has 1 unspecified atom stereocenters. The fourth-order valence-corrected chi connectivity index (χ4v) is 2.29. The van der Waals surface area contributed by atoms with E-state index in [-0.39, 0.29) is 18.3 Å². The number of phenols is 1. The van der Waals surface area contributed by atoms with Crippen molar-refractivity contribution in [1.29, 1.82) is 0 Å². The predicted molar refractivity (Wildman–Crippen MR) is 74.9 cm³/mol. The minimum Gasteiger partial charge on any atom is -0.508 e. The summed E-state index contributed by atoms with van der Waals surface area (Å²) in [5.41, 5.74) is 1.09. The van der Waals surface area contributed by atoms with E-state index in [0.717, 1.165) is 6.42 Å². The molecule has 1 heterocycles. The molecule has 0 spiro atoms. The van der Waals surface area contributed by atoms with Gasteiger partial charge in [0.05, 0.1) is 6.61 Å². The highest BCUT2D eigenvalue weighted by Gasteiger charge is 2.28. The normalized spacial score (nSPS) is 18.1. The van der Waals surface area contributed by atoms with Crippen LogP contribution in [-0.4, -0.2) is 40.3 Å². The zero-order valence-corrected chi connectivity index (χ0v) is 11.4. The zero-order chi connectivity index (χ0) is 15.2. The number of amides is 1. The third-order valence-corrected chi connectivity index (χ3v) is 3.39. The highest BCUT2D eigenvalue weighted by Crippen LogP contribution is 2.20. The van der Waals surface area contributed by atoms with E-state index in [2.05, 4.69) is 0 Å². The first-order valence-electron chi connectivity index (χ1n) is 6.66. The van der Waals surface area contributed by atoms with Gasteiger partial charge in [0.1, 0.15) is 5.75 Å². The number of likely N-dealkylation sites (tertiary alicyclic amines) is 1. The van der Waals surface area contributed by atoms with Crippen LogP contribution in [0.4, 0.5) is 0 Å². The van der Waals surface area contributed by atoms with E-state index in [1.165, 1.54) is 17.0 Å². The Hall–Kier alpha value is -2.34. The summed E-state index contributed by atoms with van der Waals surface area (Å²) in [6.07, 6.45) is 3.93. The predicted octanol–water partition coefficient (Wildman–Crippen LogP) is 1.02. The van der Waals surface area contributed by atoms with Gasteiger partial charge in [0.2, 0.25) is 5.91 Å². The monoisotopic (exact) mass is 291 g/mol. The summed E-state index contributed by atoms with van der Waals surface area (Å²) in [4.78, 5) is 24.0. The number of aromatic hydroxyl groups is 1. The molecule has 1 aromatic carbocycles. The van der Waals surface area contributed by atoms with Crippen LogP contribution in [0.25, 0.3) is 6.08 Å². The zero-order valence-electron chi connectivity index (χ0n) is 11.4. The highest BCUT2D eigenvalue weighted by atomic mass is 16.5. The van der Waals surface area contributed by atoms with Gasteiger partial charge in [0.15, 0.2) is 6.23 Å². The van der Waals surface area contributed by atoms with Crippen molar-refractivity contribution in [3.8, 4) is 5.75 Å². The molecule has 2 N–H and O–H groups in total. The van der Waals surface area contributed by atoms with Crippen LogP contribution in [0.1, 0.15) is 24.0 Å². The van der Waals surface area contributed by atoms with Crippen molar-refractivity contribution < 1.29 is 24.5 Å². The van der Waals surface area contributed by atoms with Gasteiger partial charge >= 0.3 is 0 Å². The Morgan fingerprint density at radius 3 is 3.00 bits per heavy atom. The summed E-state index contributed by atoms with van der Waals surface area (Å²) in [5.74, 6) is -0.224. The largest absolute Gasteiger partial charge is 0.508 e. The van der Waals surface area contributed by atoms with E-state index in [1.54, 1.807) is 18.2 Å². The third-order valence-electron chi connectivity index (χ3n) is 3.39. The Morgan fingerprint density at radius 1 is 1.48 bits per heavy atom. The van der Waals surface area contributed by atoms with Crippen molar-refractivity contribution in [2.75, 3.05) is 6.54 Å². The summed E-state index contributed by atoms with van der Waals surface area (Å²) >= 11 is 0. The number of aliphatic hydroxyl groups excluding tert-OH is 1. The molecular weight excluding hydrogens is 274 g/mol. The number of nitrogens with zero attached hydrogens (tertiary/aromatic N) is 1. The van der Waals surface area contributed by atoms with Gasteiger partial charge in [-0.05, 0) is 30.2 Å². The van der Waals surface area contributed by atoms with Crippen LogP contribution >= 0.6 is 0 Å².